The van der Waals surface area contributed by atoms with E-state index in [1.807, 2.05) is 0 Å². The lowest BCUT2D eigenvalue weighted by Gasteiger charge is -2.45. The second-order valence-electron chi connectivity index (χ2n) is 7.30. The minimum absolute atomic E-state index is 0.517. The van der Waals surface area contributed by atoms with Crippen LogP contribution < -0.4 is 5.32 Å². The standard InChI is InChI=1S/C16H34N2/c1-7-17-14-8-10-16(4,5)12-15(14)18(6)11-9-13(2)3/h13-15,17H,7-12H2,1-6H3. The van der Waals surface area contributed by atoms with Crippen molar-refractivity contribution in [1.29, 1.82) is 0 Å². The van der Waals surface area contributed by atoms with Gasteiger partial charge in [-0.05, 0) is 57.2 Å². The van der Waals surface area contributed by atoms with Crippen molar-refractivity contribution in [3.63, 3.8) is 0 Å². The van der Waals surface area contributed by atoms with Crippen molar-refractivity contribution in [2.24, 2.45) is 11.3 Å². The third-order valence-electron chi connectivity index (χ3n) is 4.45. The Balaban J connectivity index is 2.59. The quantitative estimate of drug-likeness (QED) is 0.780. The minimum Gasteiger partial charge on any atom is -0.313 e. The summed E-state index contributed by atoms with van der Waals surface area (Å²) in [5.74, 6) is 0.807. The van der Waals surface area contributed by atoms with E-state index in [0.717, 1.165) is 12.5 Å². The van der Waals surface area contributed by atoms with Crippen LogP contribution in [0.4, 0.5) is 0 Å². The Hall–Kier alpha value is -0.0800. The lowest BCUT2D eigenvalue weighted by atomic mass is 9.72. The number of likely N-dealkylation sites (N-methyl/N-ethyl adjacent to an activating group) is 2. The maximum Gasteiger partial charge on any atom is 0.0251 e. The largest absolute Gasteiger partial charge is 0.313 e. The van der Waals surface area contributed by atoms with E-state index in [4.69, 9.17) is 0 Å². The molecule has 1 N–H and O–H groups in total. The summed E-state index contributed by atoms with van der Waals surface area (Å²) in [6.07, 6.45) is 5.34. The van der Waals surface area contributed by atoms with E-state index in [1.54, 1.807) is 0 Å². The van der Waals surface area contributed by atoms with Gasteiger partial charge in [0.05, 0.1) is 0 Å². The van der Waals surface area contributed by atoms with E-state index in [0.29, 0.717) is 17.5 Å². The molecule has 2 nitrogen and oxygen atoms in total. The first-order chi connectivity index (χ1) is 8.35. The highest BCUT2D eigenvalue weighted by Gasteiger charge is 2.36. The molecule has 0 amide bonds. The maximum atomic E-state index is 3.70. The first-order valence-electron chi connectivity index (χ1n) is 7.79. The van der Waals surface area contributed by atoms with Gasteiger partial charge in [0.1, 0.15) is 0 Å². The average molecular weight is 254 g/mol. The molecule has 1 rings (SSSR count). The van der Waals surface area contributed by atoms with Crippen LogP contribution in [0.2, 0.25) is 0 Å². The Kier molecular flexibility index (Phi) is 6.13. The number of rotatable bonds is 6. The summed E-state index contributed by atoms with van der Waals surface area (Å²) in [6, 6.07) is 1.41. The van der Waals surface area contributed by atoms with Crippen LogP contribution in [0, 0.1) is 11.3 Å². The molecule has 0 spiro atoms. The van der Waals surface area contributed by atoms with Crippen LogP contribution >= 0.6 is 0 Å². The van der Waals surface area contributed by atoms with Crippen LogP contribution in [0.25, 0.3) is 0 Å². The highest BCUT2D eigenvalue weighted by atomic mass is 15.2. The number of nitrogens with zero attached hydrogens (tertiary/aromatic N) is 1. The van der Waals surface area contributed by atoms with Crippen molar-refractivity contribution in [3.05, 3.63) is 0 Å². The van der Waals surface area contributed by atoms with Gasteiger partial charge in [-0.1, -0.05) is 34.6 Å². The van der Waals surface area contributed by atoms with Crippen LogP contribution in [0.3, 0.4) is 0 Å². The van der Waals surface area contributed by atoms with Crippen molar-refractivity contribution in [2.75, 3.05) is 20.1 Å². The highest BCUT2D eigenvalue weighted by Crippen LogP contribution is 2.37. The Labute approximate surface area is 115 Å². The molecule has 1 fully saturated rings. The summed E-state index contributed by atoms with van der Waals surface area (Å²) in [4.78, 5) is 2.61. The zero-order chi connectivity index (χ0) is 13.8. The molecule has 0 aliphatic heterocycles. The summed E-state index contributed by atoms with van der Waals surface area (Å²) < 4.78 is 0. The van der Waals surface area contributed by atoms with Gasteiger partial charge in [0, 0.05) is 12.1 Å². The first kappa shape index (κ1) is 16.0. The topological polar surface area (TPSA) is 15.3 Å². The van der Waals surface area contributed by atoms with E-state index in [2.05, 4.69) is 51.9 Å². The predicted molar refractivity (Wildman–Crippen MR) is 81.0 cm³/mol. The van der Waals surface area contributed by atoms with Gasteiger partial charge >= 0.3 is 0 Å². The van der Waals surface area contributed by atoms with Crippen molar-refractivity contribution in [3.8, 4) is 0 Å². The van der Waals surface area contributed by atoms with Gasteiger partial charge in [-0.2, -0.15) is 0 Å². The van der Waals surface area contributed by atoms with Crippen LogP contribution in [0.15, 0.2) is 0 Å². The fourth-order valence-corrected chi connectivity index (χ4v) is 3.14. The van der Waals surface area contributed by atoms with Crippen molar-refractivity contribution < 1.29 is 0 Å². The number of hydrogen-bond acceptors (Lipinski definition) is 2. The predicted octanol–water partition coefficient (Wildman–Crippen LogP) is 3.52. The van der Waals surface area contributed by atoms with E-state index in [1.165, 1.54) is 32.2 Å². The van der Waals surface area contributed by atoms with Crippen molar-refractivity contribution >= 4 is 0 Å². The van der Waals surface area contributed by atoms with Gasteiger partial charge in [0.25, 0.3) is 0 Å². The molecule has 0 radical (unpaired) electrons. The molecule has 0 aromatic rings. The van der Waals surface area contributed by atoms with E-state index >= 15 is 0 Å². The van der Waals surface area contributed by atoms with Crippen LogP contribution in [0.5, 0.6) is 0 Å². The molecule has 1 aliphatic rings. The molecule has 2 atom stereocenters. The van der Waals surface area contributed by atoms with E-state index in [9.17, 15) is 0 Å². The second kappa shape index (κ2) is 6.91. The Morgan fingerprint density at radius 2 is 2.00 bits per heavy atom. The van der Waals surface area contributed by atoms with Gasteiger partial charge in [0.2, 0.25) is 0 Å². The zero-order valence-corrected chi connectivity index (χ0v) is 13.4. The lowest BCUT2D eigenvalue weighted by Crippen LogP contribution is -2.53. The third-order valence-corrected chi connectivity index (χ3v) is 4.45. The summed E-state index contributed by atoms with van der Waals surface area (Å²) in [6.45, 7) is 14.1. The smallest absolute Gasteiger partial charge is 0.0251 e. The fraction of sp³-hybridized carbons (Fsp3) is 1.00. The van der Waals surface area contributed by atoms with Gasteiger partial charge < -0.3 is 10.2 Å². The molecule has 1 saturated carbocycles. The minimum atomic E-state index is 0.517. The highest BCUT2D eigenvalue weighted by molar-refractivity contribution is 4.93. The van der Waals surface area contributed by atoms with Crippen LogP contribution in [-0.2, 0) is 0 Å². The van der Waals surface area contributed by atoms with Gasteiger partial charge in [-0.25, -0.2) is 0 Å². The fourth-order valence-electron chi connectivity index (χ4n) is 3.14. The average Bonchev–Trinajstić information content (AvgIpc) is 2.28. The molecule has 0 aromatic carbocycles. The maximum absolute atomic E-state index is 3.70. The Bertz CT molecular complexity index is 235. The van der Waals surface area contributed by atoms with Crippen molar-refractivity contribution in [1.82, 2.24) is 10.2 Å². The molecular formula is C16H34N2. The summed E-state index contributed by atoms with van der Waals surface area (Å²) >= 11 is 0. The number of hydrogen-bond donors (Lipinski definition) is 1. The lowest BCUT2D eigenvalue weighted by molar-refractivity contribution is 0.0797. The van der Waals surface area contributed by atoms with E-state index < -0.39 is 0 Å². The molecule has 18 heavy (non-hydrogen) atoms. The Morgan fingerprint density at radius 3 is 2.56 bits per heavy atom. The Morgan fingerprint density at radius 1 is 1.33 bits per heavy atom. The second-order valence-corrected chi connectivity index (χ2v) is 7.30. The van der Waals surface area contributed by atoms with Crippen molar-refractivity contribution in [2.45, 2.75) is 72.4 Å². The van der Waals surface area contributed by atoms with Gasteiger partial charge in [0.15, 0.2) is 0 Å². The summed E-state index contributed by atoms with van der Waals surface area (Å²) in [5.41, 5.74) is 0.517. The normalized spacial score (nSPS) is 28.0. The monoisotopic (exact) mass is 254 g/mol. The molecule has 0 aromatic heterocycles. The third kappa shape index (κ3) is 4.89. The first-order valence-corrected chi connectivity index (χ1v) is 7.79. The van der Waals surface area contributed by atoms with Crippen LogP contribution in [-0.4, -0.2) is 37.1 Å². The molecule has 0 bridgehead atoms. The molecular weight excluding hydrogens is 220 g/mol. The summed E-state index contributed by atoms with van der Waals surface area (Å²) in [5, 5.41) is 3.70. The molecule has 2 unspecified atom stereocenters. The number of nitrogens with one attached hydrogen (secondary N) is 1. The zero-order valence-electron chi connectivity index (χ0n) is 13.4. The molecule has 0 saturated heterocycles. The van der Waals surface area contributed by atoms with Crippen LogP contribution in [0.1, 0.15) is 60.3 Å². The van der Waals surface area contributed by atoms with Gasteiger partial charge in [-0.3, -0.25) is 0 Å². The van der Waals surface area contributed by atoms with E-state index in [-0.39, 0.29) is 0 Å². The summed E-state index contributed by atoms with van der Waals surface area (Å²) in [7, 11) is 2.32. The molecule has 0 heterocycles. The molecule has 108 valence electrons. The van der Waals surface area contributed by atoms with Gasteiger partial charge in [-0.15, -0.1) is 0 Å². The molecule has 2 heteroatoms. The SMILES string of the molecule is CCNC1CCC(C)(C)CC1N(C)CCC(C)C. The molecule has 1 aliphatic carbocycles.